The van der Waals surface area contributed by atoms with Gasteiger partial charge in [-0.15, -0.1) is 0 Å². The molecule has 2 aliphatic rings. The number of rotatable bonds is 1. The predicted octanol–water partition coefficient (Wildman–Crippen LogP) is 3.63. The monoisotopic (exact) mass is 364 g/mol. The molecule has 2 aromatic carbocycles. The van der Waals surface area contributed by atoms with Crippen molar-refractivity contribution in [3.05, 3.63) is 69.3 Å². The van der Waals surface area contributed by atoms with E-state index in [1.54, 1.807) is 19.1 Å². The maximum absolute atomic E-state index is 13.2. The number of fused-ring (bicyclic) bond motifs is 4. The largest absolute Gasteiger partial charge is 0.507 e. The van der Waals surface area contributed by atoms with Gasteiger partial charge in [0.2, 0.25) is 5.78 Å². The maximum atomic E-state index is 13.2. The van der Waals surface area contributed by atoms with Crippen molar-refractivity contribution in [3.8, 4) is 11.5 Å². The Balaban J connectivity index is 2.00. The minimum Gasteiger partial charge on any atom is -0.507 e. The number of aliphatic hydroxyl groups is 1. The number of phenols is 1. The minimum atomic E-state index is -0.799. The van der Waals surface area contributed by atoms with Gasteiger partial charge in [0.05, 0.1) is 17.2 Å². The van der Waals surface area contributed by atoms with Crippen molar-refractivity contribution in [2.24, 2.45) is 0 Å². The predicted molar refractivity (Wildman–Crippen MR) is 99.6 cm³/mol. The molecule has 138 valence electrons. The van der Waals surface area contributed by atoms with Gasteiger partial charge in [-0.25, -0.2) is 0 Å². The average Bonchev–Trinajstić information content (AvgIpc) is 2.64. The number of allylic oxidation sites excluding steroid dienone is 1. The molecule has 4 rings (SSSR count). The van der Waals surface area contributed by atoms with E-state index in [0.29, 0.717) is 17.5 Å². The summed E-state index contributed by atoms with van der Waals surface area (Å²) in [6.45, 7) is 5.58. The van der Waals surface area contributed by atoms with Crippen LogP contribution < -0.4 is 4.74 Å². The quantitative estimate of drug-likeness (QED) is 0.644. The Morgan fingerprint density at radius 2 is 1.93 bits per heavy atom. The van der Waals surface area contributed by atoms with Gasteiger partial charge in [-0.1, -0.05) is 18.2 Å². The van der Waals surface area contributed by atoms with Crippen LogP contribution in [0.5, 0.6) is 11.5 Å². The second kappa shape index (κ2) is 6.06. The summed E-state index contributed by atoms with van der Waals surface area (Å²) < 4.78 is 6.12. The van der Waals surface area contributed by atoms with E-state index in [1.165, 1.54) is 12.1 Å². The molecule has 0 fully saturated rings. The summed E-state index contributed by atoms with van der Waals surface area (Å²) in [7, 11) is 0. The molecule has 2 atom stereocenters. The first-order valence-corrected chi connectivity index (χ1v) is 8.91. The molecule has 0 unspecified atom stereocenters. The third kappa shape index (κ3) is 2.42. The molecule has 1 aliphatic heterocycles. The molecule has 2 aromatic rings. The van der Waals surface area contributed by atoms with Crippen molar-refractivity contribution in [1.29, 1.82) is 0 Å². The Labute approximate surface area is 156 Å². The zero-order valence-corrected chi connectivity index (χ0v) is 15.4. The fourth-order valence-corrected chi connectivity index (χ4v) is 3.96. The third-order valence-corrected chi connectivity index (χ3v) is 5.51. The fraction of sp³-hybridized carbons (Fsp3) is 0.273. The number of carbonyl (C=O) groups excluding carboxylic acids is 2. The molecule has 0 saturated heterocycles. The summed E-state index contributed by atoms with van der Waals surface area (Å²) in [5, 5.41) is 20.9. The number of benzene rings is 2. The molecule has 1 heterocycles. The van der Waals surface area contributed by atoms with Crippen LogP contribution in [0, 0.1) is 6.92 Å². The zero-order chi connectivity index (χ0) is 19.5. The van der Waals surface area contributed by atoms with Crippen molar-refractivity contribution in [2.75, 3.05) is 0 Å². The van der Waals surface area contributed by atoms with Crippen LogP contribution in [0.15, 0.2) is 35.9 Å². The van der Waals surface area contributed by atoms with Gasteiger partial charge in [0, 0.05) is 23.1 Å². The van der Waals surface area contributed by atoms with Crippen LogP contribution in [0.3, 0.4) is 0 Å². The first-order chi connectivity index (χ1) is 12.8. The lowest BCUT2D eigenvalue weighted by Gasteiger charge is -2.34. The van der Waals surface area contributed by atoms with Crippen LogP contribution in [0.4, 0.5) is 0 Å². The van der Waals surface area contributed by atoms with E-state index in [1.807, 2.05) is 19.9 Å². The lowest BCUT2D eigenvalue weighted by atomic mass is 9.79. The van der Waals surface area contributed by atoms with Gasteiger partial charge in [-0.3, -0.25) is 9.59 Å². The molecule has 1 aliphatic carbocycles. The van der Waals surface area contributed by atoms with Crippen LogP contribution in [-0.2, 0) is 0 Å². The molecule has 0 aromatic heterocycles. The highest BCUT2D eigenvalue weighted by Gasteiger charge is 2.40. The number of aryl methyl sites for hydroxylation is 1. The highest BCUT2D eigenvalue weighted by atomic mass is 16.5. The Morgan fingerprint density at radius 3 is 2.63 bits per heavy atom. The van der Waals surface area contributed by atoms with Gasteiger partial charge in [-0.2, -0.15) is 0 Å². The lowest BCUT2D eigenvalue weighted by Crippen LogP contribution is -2.31. The van der Waals surface area contributed by atoms with Gasteiger partial charge in [0.1, 0.15) is 17.6 Å². The molecule has 0 saturated carbocycles. The summed E-state index contributed by atoms with van der Waals surface area (Å²) >= 11 is 0. The molecule has 2 N–H and O–H groups in total. The number of aliphatic hydroxyl groups excluding tert-OH is 1. The molecular formula is C22H20O5. The molecule has 0 amide bonds. The number of ether oxygens (including phenoxy) is 1. The molecular weight excluding hydrogens is 344 g/mol. The second-order valence-electron chi connectivity index (χ2n) is 7.11. The highest BCUT2D eigenvalue weighted by Crippen LogP contribution is 2.46. The van der Waals surface area contributed by atoms with Gasteiger partial charge in [0.15, 0.2) is 5.78 Å². The Kier molecular flexibility index (Phi) is 3.93. The van der Waals surface area contributed by atoms with Crippen molar-refractivity contribution >= 4 is 11.6 Å². The molecule has 5 nitrogen and oxygen atoms in total. The number of aromatic hydroxyl groups is 1. The topological polar surface area (TPSA) is 83.8 Å². The van der Waals surface area contributed by atoms with Gasteiger partial charge in [0.25, 0.3) is 0 Å². The minimum absolute atomic E-state index is 0.0102. The molecule has 5 heteroatoms. The third-order valence-electron chi connectivity index (χ3n) is 5.51. The van der Waals surface area contributed by atoms with Gasteiger partial charge >= 0.3 is 0 Å². The van der Waals surface area contributed by atoms with Gasteiger partial charge < -0.3 is 14.9 Å². The first-order valence-electron chi connectivity index (χ1n) is 8.91. The SMILES string of the molecule is C/C=C(\C)[C@H]1C[C@@H](O)c2c(C)cc3c(c2O1)C(=O)c1c(O)cccc1C3=O. The Bertz CT molecular complexity index is 1030. The van der Waals surface area contributed by atoms with Crippen LogP contribution >= 0.6 is 0 Å². The van der Waals surface area contributed by atoms with Crippen LogP contribution in [0.25, 0.3) is 0 Å². The number of ketones is 2. The molecule has 0 radical (unpaired) electrons. The summed E-state index contributed by atoms with van der Waals surface area (Å²) in [4.78, 5) is 26.2. The van der Waals surface area contributed by atoms with Crippen LogP contribution in [-0.4, -0.2) is 27.9 Å². The smallest absolute Gasteiger partial charge is 0.201 e. The number of hydrogen-bond donors (Lipinski definition) is 2. The average molecular weight is 364 g/mol. The molecule has 0 bridgehead atoms. The number of carbonyl (C=O) groups is 2. The zero-order valence-electron chi connectivity index (χ0n) is 15.4. The van der Waals surface area contributed by atoms with E-state index in [4.69, 9.17) is 4.74 Å². The second-order valence-corrected chi connectivity index (χ2v) is 7.11. The van der Waals surface area contributed by atoms with Crippen LogP contribution in [0.2, 0.25) is 0 Å². The first kappa shape index (κ1) is 17.5. The number of phenolic OH excluding ortho intramolecular Hbond substituents is 1. The van der Waals surface area contributed by atoms with E-state index >= 15 is 0 Å². The van der Waals surface area contributed by atoms with E-state index in [9.17, 15) is 19.8 Å². The summed E-state index contributed by atoms with van der Waals surface area (Å²) in [6.07, 6.45) is 1.11. The normalized spacial score (nSPS) is 21.3. The Morgan fingerprint density at radius 1 is 1.19 bits per heavy atom. The molecule has 0 spiro atoms. The van der Waals surface area contributed by atoms with Crippen molar-refractivity contribution in [2.45, 2.75) is 39.4 Å². The van der Waals surface area contributed by atoms with Crippen molar-refractivity contribution in [3.63, 3.8) is 0 Å². The van der Waals surface area contributed by atoms with E-state index in [2.05, 4.69) is 0 Å². The highest BCUT2D eigenvalue weighted by molar-refractivity contribution is 6.30. The van der Waals surface area contributed by atoms with E-state index in [-0.39, 0.29) is 45.6 Å². The summed E-state index contributed by atoms with van der Waals surface area (Å²) in [5.41, 5.74) is 2.73. The van der Waals surface area contributed by atoms with Crippen molar-refractivity contribution < 1.29 is 24.5 Å². The van der Waals surface area contributed by atoms with Gasteiger partial charge in [-0.05, 0) is 44.0 Å². The number of hydrogen-bond acceptors (Lipinski definition) is 5. The van der Waals surface area contributed by atoms with E-state index < -0.39 is 11.9 Å². The summed E-state index contributed by atoms with van der Waals surface area (Å²) in [5.74, 6) is -0.769. The fourth-order valence-electron chi connectivity index (χ4n) is 3.96. The van der Waals surface area contributed by atoms with Crippen LogP contribution in [0.1, 0.15) is 69.3 Å². The summed E-state index contributed by atoms with van der Waals surface area (Å²) in [6, 6.07) is 6.10. The standard InChI is InChI=1S/C22H20O5/c1-4-10(2)16-9-15(24)17-11(3)8-13-19(22(17)27-16)21(26)18-12(20(13)25)6-5-7-14(18)23/h4-8,15-16,23-24H,9H2,1-3H3/b10-4+/t15-,16-/m1/s1. The lowest BCUT2D eigenvalue weighted by molar-refractivity contribution is 0.0786. The van der Waals surface area contributed by atoms with Crippen molar-refractivity contribution in [1.82, 2.24) is 0 Å². The maximum Gasteiger partial charge on any atom is 0.201 e. The Hall–Kier alpha value is -2.92. The molecule has 27 heavy (non-hydrogen) atoms. The van der Waals surface area contributed by atoms with E-state index in [0.717, 1.165) is 5.57 Å².